The zero-order valence-electron chi connectivity index (χ0n) is 11.1. The van der Waals surface area contributed by atoms with Gasteiger partial charge in [-0.3, -0.25) is 4.98 Å². The molecule has 3 heteroatoms. The van der Waals surface area contributed by atoms with Gasteiger partial charge in [0.2, 0.25) is 0 Å². The van der Waals surface area contributed by atoms with Crippen LogP contribution in [0.4, 0.5) is 0 Å². The van der Waals surface area contributed by atoms with Crippen LogP contribution in [0.5, 0.6) is 0 Å². The molecule has 3 aromatic rings. The lowest BCUT2D eigenvalue weighted by molar-refractivity contribution is 0.530. The van der Waals surface area contributed by atoms with Gasteiger partial charge >= 0.3 is 0 Å². The summed E-state index contributed by atoms with van der Waals surface area (Å²) in [5, 5.41) is 1.12. The van der Waals surface area contributed by atoms with E-state index >= 15 is 0 Å². The first-order valence-corrected chi connectivity index (χ1v) is 7.00. The number of pyridine rings is 1. The maximum absolute atomic E-state index is 6.53. The summed E-state index contributed by atoms with van der Waals surface area (Å²) in [6.45, 7) is 0. The zero-order valence-corrected chi connectivity index (χ0v) is 11.1. The van der Waals surface area contributed by atoms with Crippen molar-refractivity contribution in [1.29, 1.82) is 0 Å². The molecule has 0 bridgehead atoms. The van der Waals surface area contributed by atoms with Crippen molar-refractivity contribution in [1.82, 2.24) is 4.98 Å². The molecule has 2 atom stereocenters. The highest BCUT2D eigenvalue weighted by molar-refractivity contribution is 5.81. The Balaban J connectivity index is 1.77. The fourth-order valence-electron chi connectivity index (χ4n) is 3.27. The highest BCUT2D eigenvalue weighted by Gasteiger charge is 2.31. The van der Waals surface area contributed by atoms with Crippen LogP contribution in [0.25, 0.3) is 11.0 Å². The van der Waals surface area contributed by atoms with Gasteiger partial charge in [0.05, 0.1) is 6.26 Å². The number of nitrogens with two attached hydrogens (primary N) is 1. The number of rotatable bonds is 2. The van der Waals surface area contributed by atoms with Gasteiger partial charge in [0.1, 0.15) is 5.58 Å². The van der Waals surface area contributed by atoms with Crippen molar-refractivity contribution in [2.45, 2.75) is 24.8 Å². The lowest BCUT2D eigenvalue weighted by atomic mass is 9.91. The Labute approximate surface area is 117 Å². The molecule has 2 N–H and O–H groups in total. The van der Waals surface area contributed by atoms with E-state index < -0.39 is 0 Å². The van der Waals surface area contributed by atoms with Crippen molar-refractivity contribution in [3.8, 4) is 0 Å². The number of hydrogen-bond donors (Lipinski definition) is 1. The summed E-state index contributed by atoms with van der Waals surface area (Å²) in [7, 11) is 0. The second kappa shape index (κ2) is 4.46. The monoisotopic (exact) mass is 264 g/mol. The van der Waals surface area contributed by atoms with Gasteiger partial charge in [-0.2, -0.15) is 0 Å². The molecule has 1 aromatic carbocycles. The molecule has 0 saturated carbocycles. The minimum atomic E-state index is -0.0604. The first-order chi connectivity index (χ1) is 9.84. The zero-order chi connectivity index (χ0) is 13.5. The molecule has 4 rings (SSSR count). The molecule has 1 aliphatic rings. The van der Waals surface area contributed by atoms with Crippen molar-refractivity contribution in [3.63, 3.8) is 0 Å². The van der Waals surface area contributed by atoms with E-state index in [0.717, 1.165) is 35.1 Å². The van der Waals surface area contributed by atoms with Crippen LogP contribution >= 0.6 is 0 Å². The number of nitrogens with zero attached hydrogens (tertiary/aromatic N) is 1. The molecule has 3 nitrogen and oxygen atoms in total. The predicted octanol–water partition coefficient (Wildman–Crippen LogP) is 3.56. The fourth-order valence-corrected chi connectivity index (χ4v) is 3.27. The maximum atomic E-state index is 6.53. The predicted molar refractivity (Wildman–Crippen MR) is 78.4 cm³/mol. The number of hydrogen-bond acceptors (Lipinski definition) is 3. The molecule has 0 aliphatic heterocycles. The molecule has 20 heavy (non-hydrogen) atoms. The van der Waals surface area contributed by atoms with E-state index in [9.17, 15) is 0 Å². The molecule has 0 amide bonds. The van der Waals surface area contributed by atoms with Crippen LogP contribution < -0.4 is 5.73 Å². The average molecular weight is 264 g/mol. The Kier molecular flexibility index (Phi) is 2.60. The topological polar surface area (TPSA) is 52.0 Å². The van der Waals surface area contributed by atoms with Crippen LogP contribution in [0.3, 0.4) is 0 Å². The first kappa shape index (κ1) is 11.7. The van der Waals surface area contributed by atoms with Crippen molar-refractivity contribution >= 4 is 11.0 Å². The maximum Gasteiger partial charge on any atom is 0.134 e. The van der Waals surface area contributed by atoms with Gasteiger partial charge in [0, 0.05) is 34.8 Å². The summed E-state index contributed by atoms with van der Waals surface area (Å²) in [5.41, 5.74) is 11.0. The van der Waals surface area contributed by atoms with Crippen LogP contribution in [0.2, 0.25) is 0 Å². The number of aromatic nitrogens is 1. The Morgan fingerprint density at radius 2 is 2.10 bits per heavy atom. The fraction of sp³-hybridized carbons (Fsp3) is 0.235. The van der Waals surface area contributed by atoms with Crippen LogP contribution in [-0.2, 0) is 6.42 Å². The summed E-state index contributed by atoms with van der Waals surface area (Å²) >= 11 is 0. The standard InChI is InChI=1S/C17H16N2O/c18-16(13-8-7-11-4-3-9-19-17(11)13)14-10-20-15-6-2-1-5-12(14)15/h1-6,9-10,13,16H,7-8,18H2. The summed E-state index contributed by atoms with van der Waals surface area (Å²) in [6, 6.07) is 12.1. The quantitative estimate of drug-likeness (QED) is 0.770. The van der Waals surface area contributed by atoms with E-state index in [0.29, 0.717) is 0 Å². The van der Waals surface area contributed by atoms with E-state index in [4.69, 9.17) is 10.2 Å². The van der Waals surface area contributed by atoms with Crippen molar-refractivity contribution < 1.29 is 4.42 Å². The van der Waals surface area contributed by atoms with E-state index in [1.807, 2.05) is 30.5 Å². The largest absolute Gasteiger partial charge is 0.464 e. The molecule has 0 saturated heterocycles. The number of para-hydroxylation sites is 1. The molecule has 100 valence electrons. The number of benzene rings is 1. The van der Waals surface area contributed by atoms with Crippen LogP contribution in [0, 0.1) is 0 Å². The molecular formula is C17H16N2O. The third kappa shape index (κ3) is 1.67. The SMILES string of the molecule is NC(c1coc2ccccc12)C1CCc2cccnc21. The lowest BCUT2D eigenvalue weighted by Gasteiger charge is -2.18. The van der Waals surface area contributed by atoms with Gasteiger partial charge in [-0.15, -0.1) is 0 Å². The minimum absolute atomic E-state index is 0.0604. The van der Waals surface area contributed by atoms with E-state index in [1.54, 1.807) is 6.26 Å². The Bertz CT molecular complexity index is 762. The van der Waals surface area contributed by atoms with Gasteiger partial charge in [0.15, 0.2) is 0 Å². The lowest BCUT2D eigenvalue weighted by Crippen LogP contribution is -2.18. The van der Waals surface area contributed by atoms with Gasteiger partial charge in [-0.05, 0) is 30.5 Å². The van der Waals surface area contributed by atoms with Crippen LogP contribution in [0.15, 0.2) is 53.3 Å². The Morgan fingerprint density at radius 1 is 1.20 bits per heavy atom. The molecule has 2 aromatic heterocycles. The Morgan fingerprint density at radius 3 is 3.05 bits per heavy atom. The molecule has 0 spiro atoms. The van der Waals surface area contributed by atoms with Crippen LogP contribution in [-0.4, -0.2) is 4.98 Å². The summed E-state index contributed by atoms with van der Waals surface area (Å²) in [5.74, 6) is 0.284. The summed E-state index contributed by atoms with van der Waals surface area (Å²) in [4.78, 5) is 4.54. The van der Waals surface area contributed by atoms with Crippen molar-refractivity contribution in [2.75, 3.05) is 0 Å². The normalized spacial score (nSPS) is 19.1. The molecule has 1 aliphatic carbocycles. The van der Waals surface area contributed by atoms with Gasteiger partial charge in [-0.25, -0.2) is 0 Å². The van der Waals surface area contributed by atoms with E-state index in [2.05, 4.69) is 17.1 Å². The highest BCUT2D eigenvalue weighted by atomic mass is 16.3. The smallest absolute Gasteiger partial charge is 0.134 e. The van der Waals surface area contributed by atoms with Crippen molar-refractivity contribution in [2.24, 2.45) is 5.73 Å². The first-order valence-electron chi connectivity index (χ1n) is 7.00. The number of aryl methyl sites for hydroxylation is 1. The van der Waals surface area contributed by atoms with Gasteiger partial charge < -0.3 is 10.2 Å². The average Bonchev–Trinajstić information content (AvgIpc) is 3.11. The Hall–Kier alpha value is -2.13. The molecule has 2 unspecified atom stereocenters. The molecule has 0 fully saturated rings. The highest BCUT2D eigenvalue weighted by Crippen LogP contribution is 2.41. The third-order valence-electron chi connectivity index (χ3n) is 4.31. The molecular weight excluding hydrogens is 248 g/mol. The molecule has 0 radical (unpaired) electrons. The van der Waals surface area contributed by atoms with Crippen molar-refractivity contribution in [3.05, 3.63) is 65.7 Å². The van der Waals surface area contributed by atoms with E-state index in [1.165, 1.54) is 5.56 Å². The summed E-state index contributed by atoms with van der Waals surface area (Å²) < 4.78 is 5.62. The second-order valence-electron chi connectivity index (χ2n) is 5.41. The number of furan rings is 1. The summed E-state index contributed by atoms with van der Waals surface area (Å²) in [6.07, 6.45) is 5.79. The second-order valence-corrected chi connectivity index (χ2v) is 5.41. The minimum Gasteiger partial charge on any atom is -0.464 e. The van der Waals surface area contributed by atoms with Gasteiger partial charge in [0.25, 0.3) is 0 Å². The van der Waals surface area contributed by atoms with E-state index in [-0.39, 0.29) is 12.0 Å². The third-order valence-corrected chi connectivity index (χ3v) is 4.31. The molecule has 2 heterocycles. The van der Waals surface area contributed by atoms with Gasteiger partial charge in [-0.1, -0.05) is 24.3 Å². The van der Waals surface area contributed by atoms with Crippen LogP contribution in [0.1, 0.15) is 35.2 Å². The number of fused-ring (bicyclic) bond motifs is 2.